The van der Waals surface area contributed by atoms with Crippen LogP contribution in [0.5, 0.6) is 5.75 Å². The maximum Gasteiger partial charge on any atom is 0.268 e. The first kappa shape index (κ1) is 18.7. The number of aromatic nitrogens is 1. The van der Waals surface area contributed by atoms with Gasteiger partial charge in [0.25, 0.3) is 5.91 Å². The minimum atomic E-state index is -0.419. The van der Waals surface area contributed by atoms with Gasteiger partial charge in [0, 0.05) is 15.9 Å². The van der Waals surface area contributed by atoms with Crippen LogP contribution in [0.15, 0.2) is 70.1 Å². The number of guanidine groups is 1. The number of carbonyl (C=O) groups is 1. The van der Waals surface area contributed by atoms with E-state index in [9.17, 15) is 4.79 Å². The number of aliphatic imine (C=N–C) groups is 1. The minimum Gasteiger partial charge on any atom is -0.497 e. The second-order valence-corrected chi connectivity index (χ2v) is 6.77. The summed E-state index contributed by atoms with van der Waals surface area (Å²) in [6, 6.07) is 19.5. The lowest BCUT2D eigenvalue weighted by Gasteiger charge is -2.13. The van der Waals surface area contributed by atoms with Gasteiger partial charge in [0.05, 0.1) is 7.11 Å². The highest BCUT2D eigenvalue weighted by atomic mass is 79.9. The zero-order valence-electron chi connectivity index (χ0n) is 14.7. The van der Waals surface area contributed by atoms with E-state index in [4.69, 9.17) is 16.2 Å². The van der Waals surface area contributed by atoms with Crippen molar-refractivity contribution in [1.29, 1.82) is 0 Å². The molecule has 0 fully saturated rings. The minimum absolute atomic E-state index is 0.0219. The number of rotatable bonds is 5. The van der Waals surface area contributed by atoms with Gasteiger partial charge in [-0.3, -0.25) is 4.79 Å². The van der Waals surface area contributed by atoms with E-state index in [0.717, 1.165) is 32.7 Å². The summed E-state index contributed by atoms with van der Waals surface area (Å²) >= 11 is 3.49. The summed E-state index contributed by atoms with van der Waals surface area (Å²) in [7, 11) is 1.62. The number of hydrogen-bond acceptors (Lipinski definition) is 2. The van der Waals surface area contributed by atoms with Crippen molar-refractivity contribution in [3.63, 3.8) is 0 Å². The van der Waals surface area contributed by atoms with E-state index < -0.39 is 5.91 Å². The smallest absolute Gasteiger partial charge is 0.268 e. The van der Waals surface area contributed by atoms with Crippen LogP contribution in [0, 0.1) is 0 Å². The van der Waals surface area contributed by atoms with E-state index in [1.807, 2.05) is 65.2 Å². The summed E-state index contributed by atoms with van der Waals surface area (Å²) in [5, 5.41) is 0. The molecule has 1 aromatic heterocycles. The standard InChI is InChI=1S/C20H19BrN4O2/c1-27-16-7-5-13(6-8-16)17-9-10-18(14-3-2-4-15(21)11-14)25(17)12-19(26)24-20(22)23/h2-11H,12H2,1H3,(H4,22,23,24,26). The molecule has 0 aliphatic rings. The van der Waals surface area contributed by atoms with Crippen LogP contribution in [0.2, 0.25) is 0 Å². The average molecular weight is 427 g/mol. The van der Waals surface area contributed by atoms with Crippen molar-refractivity contribution < 1.29 is 9.53 Å². The third-order valence-corrected chi connectivity index (χ3v) is 4.53. The van der Waals surface area contributed by atoms with Crippen LogP contribution in [0.25, 0.3) is 22.5 Å². The summed E-state index contributed by atoms with van der Waals surface area (Å²) in [6.07, 6.45) is 0. The van der Waals surface area contributed by atoms with Gasteiger partial charge < -0.3 is 20.8 Å². The van der Waals surface area contributed by atoms with E-state index >= 15 is 0 Å². The van der Waals surface area contributed by atoms with Gasteiger partial charge in [0.15, 0.2) is 5.96 Å². The molecule has 1 heterocycles. The number of nitrogens with zero attached hydrogens (tertiary/aromatic N) is 2. The fourth-order valence-electron chi connectivity index (χ4n) is 2.87. The molecule has 0 aliphatic heterocycles. The summed E-state index contributed by atoms with van der Waals surface area (Å²) in [5.41, 5.74) is 14.4. The van der Waals surface area contributed by atoms with Crippen molar-refractivity contribution in [2.24, 2.45) is 16.5 Å². The quantitative estimate of drug-likeness (QED) is 0.482. The molecular formula is C20H19BrN4O2. The van der Waals surface area contributed by atoms with E-state index in [0.29, 0.717) is 0 Å². The lowest BCUT2D eigenvalue weighted by atomic mass is 10.1. The number of nitrogens with two attached hydrogens (primary N) is 2. The molecule has 0 saturated carbocycles. The molecule has 0 spiro atoms. The highest BCUT2D eigenvalue weighted by Crippen LogP contribution is 2.31. The first-order chi connectivity index (χ1) is 13.0. The topological polar surface area (TPSA) is 95.6 Å². The van der Waals surface area contributed by atoms with Gasteiger partial charge in [-0.15, -0.1) is 0 Å². The van der Waals surface area contributed by atoms with Gasteiger partial charge in [0.2, 0.25) is 0 Å². The monoisotopic (exact) mass is 426 g/mol. The van der Waals surface area contributed by atoms with E-state index in [2.05, 4.69) is 20.9 Å². The Kier molecular flexibility index (Phi) is 5.61. The van der Waals surface area contributed by atoms with E-state index in [1.54, 1.807) is 7.11 Å². The van der Waals surface area contributed by atoms with Crippen LogP contribution in [-0.2, 0) is 11.3 Å². The van der Waals surface area contributed by atoms with Crippen LogP contribution in [-0.4, -0.2) is 23.5 Å². The largest absolute Gasteiger partial charge is 0.497 e. The van der Waals surface area contributed by atoms with Crippen molar-refractivity contribution in [3.05, 3.63) is 65.1 Å². The molecule has 3 rings (SSSR count). The van der Waals surface area contributed by atoms with Crippen LogP contribution in [0.3, 0.4) is 0 Å². The molecule has 7 heteroatoms. The average Bonchev–Trinajstić information content (AvgIpc) is 3.04. The number of amides is 1. The number of halogens is 1. The maximum absolute atomic E-state index is 12.3. The van der Waals surface area contributed by atoms with Crippen LogP contribution >= 0.6 is 15.9 Å². The molecule has 27 heavy (non-hydrogen) atoms. The SMILES string of the molecule is COc1ccc(-c2ccc(-c3cccc(Br)c3)n2CC(=O)N=C(N)N)cc1. The first-order valence-electron chi connectivity index (χ1n) is 8.20. The Labute approximate surface area is 165 Å². The number of carbonyl (C=O) groups excluding carboxylic acids is 1. The van der Waals surface area contributed by atoms with Crippen molar-refractivity contribution in [2.75, 3.05) is 7.11 Å². The maximum atomic E-state index is 12.3. The third kappa shape index (κ3) is 4.38. The molecule has 0 bridgehead atoms. The van der Waals surface area contributed by atoms with Crippen molar-refractivity contribution in [1.82, 2.24) is 4.57 Å². The van der Waals surface area contributed by atoms with Crippen LogP contribution < -0.4 is 16.2 Å². The Bertz CT molecular complexity index is 989. The normalized spacial score (nSPS) is 10.4. The summed E-state index contributed by atoms with van der Waals surface area (Å²) in [5.74, 6) is 0.0972. The molecule has 3 aromatic rings. The van der Waals surface area contributed by atoms with Crippen molar-refractivity contribution >= 4 is 27.8 Å². The third-order valence-electron chi connectivity index (χ3n) is 4.03. The molecule has 138 valence electrons. The van der Waals surface area contributed by atoms with Gasteiger partial charge in [-0.05, 0) is 59.7 Å². The van der Waals surface area contributed by atoms with Gasteiger partial charge in [0.1, 0.15) is 12.3 Å². The molecule has 0 saturated heterocycles. The number of benzene rings is 2. The molecule has 6 nitrogen and oxygen atoms in total. The number of hydrogen-bond donors (Lipinski definition) is 2. The fourth-order valence-corrected chi connectivity index (χ4v) is 3.27. The molecule has 0 atom stereocenters. The Morgan fingerprint density at radius 2 is 1.70 bits per heavy atom. The summed E-state index contributed by atoms with van der Waals surface area (Å²) in [6.45, 7) is 0.0219. The summed E-state index contributed by atoms with van der Waals surface area (Å²) < 4.78 is 8.07. The Balaban J connectivity index is 2.10. The highest BCUT2D eigenvalue weighted by Gasteiger charge is 2.15. The number of methoxy groups -OCH3 is 1. The molecule has 4 N–H and O–H groups in total. The molecular weight excluding hydrogens is 408 g/mol. The molecule has 2 aromatic carbocycles. The zero-order chi connectivity index (χ0) is 19.4. The van der Waals surface area contributed by atoms with Crippen LogP contribution in [0.4, 0.5) is 0 Å². The predicted octanol–water partition coefficient (Wildman–Crippen LogP) is 3.39. The van der Waals surface area contributed by atoms with E-state index in [-0.39, 0.29) is 12.5 Å². The first-order valence-corrected chi connectivity index (χ1v) is 8.99. The molecule has 0 radical (unpaired) electrons. The van der Waals surface area contributed by atoms with Crippen LogP contribution in [0.1, 0.15) is 0 Å². The molecule has 0 aliphatic carbocycles. The second kappa shape index (κ2) is 8.09. The molecule has 0 unspecified atom stereocenters. The van der Waals surface area contributed by atoms with Gasteiger partial charge >= 0.3 is 0 Å². The van der Waals surface area contributed by atoms with Gasteiger partial charge in [-0.25, -0.2) is 0 Å². The van der Waals surface area contributed by atoms with E-state index in [1.165, 1.54) is 0 Å². The fraction of sp³-hybridized carbons (Fsp3) is 0.100. The lowest BCUT2D eigenvalue weighted by Crippen LogP contribution is -2.25. The lowest BCUT2D eigenvalue weighted by molar-refractivity contribution is -0.118. The predicted molar refractivity (Wildman–Crippen MR) is 110 cm³/mol. The Hall–Kier alpha value is -3.06. The Morgan fingerprint density at radius 3 is 2.30 bits per heavy atom. The van der Waals surface area contributed by atoms with Gasteiger partial charge in [-0.2, -0.15) is 4.99 Å². The summed E-state index contributed by atoms with van der Waals surface area (Å²) in [4.78, 5) is 15.9. The highest BCUT2D eigenvalue weighted by molar-refractivity contribution is 9.10. The zero-order valence-corrected chi connectivity index (χ0v) is 16.3. The molecule has 1 amide bonds. The van der Waals surface area contributed by atoms with Gasteiger partial charge in [-0.1, -0.05) is 28.1 Å². The Morgan fingerprint density at radius 1 is 1.04 bits per heavy atom. The van der Waals surface area contributed by atoms with Crippen molar-refractivity contribution in [2.45, 2.75) is 6.54 Å². The second-order valence-electron chi connectivity index (χ2n) is 5.86. The van der Waals surface area contributed by atoms with Crippen molar-refractivity contribution in [3.8, 4) is 28.3 Å². The number of ether oxygens (including phenoxy) is 1.